The molecule has 1 aliphatic carbocycles. The van der Waals surface area contributed by atoms with Crippen LogP contribution in [0.4, 0.5) is 0 Å². The van der Waals surface area contributed by atoms with Crippen molar-refractivity contribution in [2.24, 2.45) is 5.92 Å². The van der Waals surface area contributed by atoms with Crippen molar-refractivity contribution in [1.82, 2.24) is 5.32 Å². The maximum Gasteiger partial charge on any atom is 0.0800 e. The summed E-state index contributed by atoms with van der Waals surface area (Å²) in [5, 5.41) is 13.9. The molecule has 1 aliphatic heterocycles. The predicted molar refractivity (Wildman–Crippen MR) is 58.2 cm³/mol. The number of hydrogen-bond donors (Lipinski definition) is 2. The Morgan fingerprint density at radius 1 is 1.00 bits per heavy atom. The highest BCUT2D eigenvalue weighted by atomic mass is 16.3. The molecule has 2 N–H and O–H groups in total. The monoisotopic (exact) mass is 197 g/mol. The number of hydrogen-bond acceptors (Lipinski definition) is 2. The molecule has 2 nitrogen and oxygen atoms in total. The van der Waals surface area contributed by atoms with Crippen LogP contribution >= 0.6 is 0 Å². The Morgan fingerprint density at radius 3 is 2.29 bits per heavy atom. The first-order chi connectivity index (χ1) is 6.81. The highest BCUT2D eigenvalue weighted by Gasteiger charge is 2.37. The van der Waals surface area contributed by atoms with Gasteiger partial charge in [-0.25, -0.2) is 0 Å². The van der Waals surface area contributed by atoms with Crippen molar-refractivity contribution in [3.05, 3.63) is 0 Å². The molecule has 0 aromatic heterocycles. The van der Waals surface area contributed by atoms with Crippen LogP contribution in [-0.4, -0.2) is 23.8 Å². The molecule has 1 saturated carbocycles. The summed E-state index contributed by atoms with van der Waals surface area (Å²) in [4.78, 5) is 0. The zero-order chi connectivity index (χ0) is 9.86. The molecule has 2 fully saturated rings. The van der Waals surface area contributed by atoms with Crippen molar-refractivity contribution in [2.45, 2.75) is 57.0 Å². The van der Waals surface area contributed by atoms with Gasteiger partial charge in [0.1, 0.15) is 0 Å². The van der Waals surface area contributed by atoms with Gasteiger partial charge in [0.2, 0.25) is 0 Å². The van der Waals surface area contributed by atoms with Crippen LogP contribution in [0, 0.1) is 5.92 Å². The van der Waals surface area contributed by atoms with E-state index in [0.29, 0.717) is 5.92 Å². The van der Waals surface area contributed by atoms with E-state index in [0.717, 1.165) is 25.9 Å². The first-order valence-electron chi connectivity index (χ1n) is 6.24. The fourth-order valence-electron chi connectivity index (χ4n) is 3.08. The number of aliphatic hydroxyl groups is 1. The lowest BCUT2D eigenvalue weighted by atomic mass is 9.77. The summed E-state index contributed by atoms with van der Waals surface area (Å²) in [6, 6.07) is 0. The smallest absolute Gasteiger partial charge is 0.0800 e. The van der Waals surface area contributed by atoms with E-state index in [1.165, 1.54) is 38.5 Å². The van der Waals surface area contributed by atoms with Gasteiger partial charge in [0.25, 0.3) is 0 Å². The zero-order valence-corrected chi connectivity index (χ0v) is 9.10. The lowest BCUT2D eigenvalue weighted by Gasteiger charge is -2.39. The normalized spacial score (nSPS) is 36.6. The molecule has 0 aromatic rings. The molecule has 1 atom stereocenters. The Bertz CT molecular complexity index is 167. The van der Waals surface area contributed by atoms with E-state index >= 15 is 0 Å². The number of piperidine rings is 1. The third-order valence-electron chi connectivity index (χ3n) is 4.01. The van der Waals surface area contributed by atoms with E-state index in [-0.39, 0.29) is 5.60 Å². The molecule has 2 aliphatic rings. The highest BCUT2D eigenvalue weighted by Crippen LogP contribution is 2.35. The van der Waals surface area contributed by atoms with E-state index in [9.17, 15) is 5.11 Å². The topological polar surface area (TPSA) is 32.3 Å². The summed E-state index contributed by atoms with van der Waals surface area (Å²) < 4.78 is 0. The summed E-state index contributed by atoms with van der Waals surface area (Å²) in [7, 11) is 0. The molecule has 2 heteroatoms. The van der Waals surface area contributed by atoms with E-state index in [2.05, 4.69) is 5.32 Å². The summed E-state index contributed by atoms with van der Waals surface area (Å²) in [6.45, 7) is 1.92. The van der Waals surface area contributed by atoms with Crippen molar-refractivity contribution >= 4 is 0 Å². The van der Waals surface area contributed by atoms with E-state index in [4.69, 9.17) is 0 Å². The quantitative estimate of drug-likeness (QED) is 0.631. The first kappa shape index (κ1) is 10.4. The molecule has 0 radical (unpaired) electrons. The third kappa shape index (κ3) is 2.29. The minimum Gasteiger partial charge on any atom is -0.388 e. The van der Waals surface area contributed by atoms with Crippen LogP contribution in [0.25, 0.3) is 0 Å². The standard InChI is InChI=1S/C12H23NO/c14-12(8-5-9-13-10-12)11-6-3-1-2-4-7-11/h11,13-14H,1-10H2. The van der Waals surface area contributed by atoms with Gasteiger partial charge >= 0.3 is 0 Å². The van der Waals surface area contributed by atoms with Crippen LogP contribution in [0.1, 0.15) is 51.4 Å². The van der Waals surface area contributed by atoms with Crippen LogP contribution in [-0.2, 0) is 0 Å². The Labute approximate surface area is 87.1 Å². The van der Waals surface area contributed by atoms with E-state index < -0.39 is 0 Å². The Hall–Kier alpha value is -0.0800. The Kier molecular flexibility index (Phi) is 3.45. The molecule has 14 heavy (non-hydrogen) atoms. The fraction of sp³-hybridized carbons (Fsp3) is 1.00. The minimum absolute atomic E-state index is 0.372. The maximum atomic E-state index is 10.6. The number of rotatable bonds is 1. The van der Waals surface area contributed by atoms with Crippen LogP contribution in [0.2, 0.25) is 0 Å². The van der Waals surface area contributed by atoms with Crippen molar-refractivity contribution < 1.29 is 5.11 Å². The summed E-state index contributed by atoms with van der Waals surface area (Å²) in [5.74, 6) is 0.567. The van der Waals surface area contributed by atoms with Crippen LogP contribution in [0.3, 0.4) is 0 Å². The van der Waals surface area contributed by atoms with E-state index in [1.54, 1.807) is 0 Å². The first-order valence-corrected chi connectivity index (χ1v) is 6.24. The molecule has 0 bridgehead atoms. The molecule has 1 heterocycles. The SMILES string of the molecule is OC1(C2CCCCCC2)CCCNC1. The van der Waals surface area contributed by atoms with Gasteiger partial charge in [-0.05, 0) is 38.1 Å². The summed E-state index contributed by atoms with van der Waals surface area (Å²) in [5.41, 5.74) is -0.372. The minimum atomic E-state index is -0.372. The number of nitrogens with one attached hydrogen (secondary N) is 1. The van der Waals surface area contributed by atoms with Crippen molar-refractivity contribution in [1.29, 1.82) is 0 Å². The zero-order valence-electron chi connectivity index (χ0n) is 9.10. The fourth-order valence-corrected chi connectivity index (χ4v) is 3.08. The summed E-state index contributed by atoms with van der Waals surface area (Å²) >= 11 is 0. The average molecular weight is 197 g/mol. The van der Waals surface area contributed by atoms with Gasteiger partial charge in [0.05, 0.1) is 5.60 Å². The van der Waals surface area contributed by atoms with Crippen LogP contribution < -0.4 is 5.32 Å². The second-order valence-electron chi connectivity index (χ2n) is 5.07. The molecule has 0 amide bonds. The lowest BCUT2D eigenvalue weighted by molar-refractivity contribution is -0.0429. The molecular formula is C12H23NO. The molecule has 1 saturated heterocycles. The molecule has 0 aromatic carbocycles. The van der Waals surface area contributed by atoms with Gasteiger partial charge in [-0.3, -0.25) is 0 Å². The van der Waals surface area contributed by atoms with Gasteiger partial charge in [-0.15, -0.1) is 0 Å². The third-order valence-corrected chi connectivity index (χ3v) is 4.01. The van der Waals surface area contributed by atoms with Gasteiger partial charge in [-0.1, -0.05) is 25.7 Å². The van der Waals surface area contributed by atoms with Crippen LogP contribution in [0.5, 0.6) is 0 Å². The highest BCUT2D eigenvalue weighted by molar-refractivity contribution is 4.92. The molecule has 2 rings (SSSR count). The van der Waals surface area contributed by atoms with Crippen molar-refractivity contribution in [3.8, 4) is 0 Å². The van der Waals surface area contributed by atoms with E-state index in [1.807, 2.05) is 0 Å². The molecule has 82 valence electrons. The second kappa shape index (κ2) is 4.63. The molecule has 0 spiro atoms. The van der Waals surface area contributed by atoms with Crippen LogP contribution in [0.15, 0.2) is 0 Å². The lowest BCUT2D eigenvalue weighted by Crippen LogP contribution is -2.50. The maximum absolute atomic E-state index is 10.6. The molecule has 1 unspecified atom stereocenters. The van der Waals surface area contributed by atoms with Gasteiger partial charge < -0.3 is 10.4 Å². The van der Waals surface area contributed by atoms with Gasteiger partial charge in [0, 0.05) is 6.54 Å². The Morgan fingerprint density at radius 2 is 1.71 bits per heavy atom. The second-order valence-corrected chi connectivity index (χ2v) is 5.07. The van der Waals surface area contributed by atoms with Gasteiger partial charge in [0.15, 0.2) is 0 Å². The molecular weight excluding hydrogens is 174 g/mol. The number of β-amino-alcohol motifs (C(OH)–C–C–N with tert-alkyl or cyclic N) is 1. The van der Waals surface area contributed by atoms with Crippen molar-refractivity contribution in [2.75, 3.05) is 13.1 Å². The average Bonchev–Trinajstić information content (AvgIpc) is 2.47. The summed E-state index contributed by atoms with van der Waals surface area (Å²) in [6.07, 6.45) is 10.1. The van der Waals surface area contributed by atoms with Gasteiger partial charge in [-0.2, -0.15) is 0 Å². The largest absolute Gasteiger partial charge is 0.388 e. The van der Waals surface area contributed by atoms with Crippen molar-refractivity contribution in [3.63, 3.8) is 0 Å². The Balaban J connectivity index is 1.95. The predicted octanol–water partition coefficient (Wildman–Crippen LogP) is 2.07.